The fourth-order valence-corrected chi connectivity index (χ4v) is 15.5. The van der Waals surface area contributed by atoms with E-state index in [4.69, 9.17) is 59.6 Å². The van der Waals surface area contributed by atoms with E-state index in [1.807, 2.05) is 0 Å². The lowest BCUT2D eigenvalue weighted by molar-refractivity contribution is -0.144. The van der Waals surface area contributed by atoms with E-state index in [1.54, 1.807) is 20.8 Å². The van der Waals surface area contributed by atoms with Crippen LogP contribution in [-0.2, 0) is 119 Å². The summed E-state index contributed by atoms with van der Waals surface area (Å²) in [4.78, 5) is 209. The van der Waals surface area contributed by atoms with Gasteiger partial charge in [0.15, 0.2) is 11.6 Å². The van der Waals surface area contributed by atoms with E-state index in [2.05, 4.69) is 31.9 Å². The Balaban J connectivity index is -0.0000980. The second kappa shape index (κ2) is 91.9. The third-order valence-electron chi connectivity index (χ3n) is 24.3. The Bertz CT molecular complexity index is 3430. The van der Waals surface area contributed by atoms with E-state index in [0.717, 1.165) is 122 Å². The number of rotatable bonds is 106. The fourth-order valence-electron chi connectivity index (χ4n) is 15.5. The average molecular weight is 2010 g/mol. The number of ketones is 7. The maximum atomic E-state index is 13.9. The van der Waals surface area contributed by atoms with Crippen LogP contribution in [0.5, 0.6) is 0 Å². The van der Waals surface area contributed by atoms with Gasteiger partial charge in [0.25, 0.3) is 0 Å². The van der Waals surface area contributed by atoms with Crippen LogP contribution in [0.3, 0.4) is 0 Å². The van der Waals surface area contributed by atoms with Crippen LogP contribution in [0.1, 0.15) is 384 Å². The van der Waals surface area contributed by atoms with Crippen LogP contribution in [0.4, 0.5) is 0 Å². The molecule has 0 spiro atoms. The van der Waals surface area contributed by atoms with Gasteiger partial charge in [-0.15, -0.1) is 0 Å². The molecular weight excluding hydrogens is 1830 g/mol. The molecule has 6 atom stereocenters. The second-order valence-corrected chi connectivity index (χ2v) is 38.3. The van der Waals surface area contributed by atoms with Gasteiger partial charge in [0.1, 0.15) is 61.4 Å². The molecule has 0 aliphatic carbocycles. The van der Waals surface area contributed by atoms with Gasteiger partial charge in [0.05, 0.1) is 84.1 Å². The zero-order valence-corrected chi connectivity index (χ0v) is 86.4. The minimum absolute atomic E-state index is 0. The molecule has 37 nitrogen and oxygen atoms in total. The van der Waals surface area contributed by atoms with Gasteiger partial charge in [-0.05, 0) is 116 Å². The molecule has 0 saturated carbocycles. The summed E-state index contributed by atoms with van der Waals surface area (Å²) in [7, 11) is 0. The average Bonchev–Trinajstić information content (AvgIpc) is 0.865. The number of carbonyl (C=O) groups is 17. The highest BCUT2D eigenvalue weighted by molar-refractivity contribution is 5.93. The van der Waals surface area contributed by atoms with Crippen LogP contribution in [0.25, 0.3) is 0 Å². The van der Waals surface area contributed by atoms with Crippen molar-refractivity contribution in [3.05, 3.63) is 0 Å². The monoisotopic (exact) mass is 2010 g/mol. The van der Waals surface area contributed by atoms with Gasteiger partial charge >= 0.3 is 23.9 Å². The summed E-state index contributed by atoms with van der Waals surface area (Å²) in [5, 5.41) is 53.1. The molecule has 37 heteroatoms. The lowest BCUT2D eigenvalue weighted by Gasteiger charge is -2.23. The van der Waals surface area contributed by atoms with Crippen LogP contribution >= 0.6 is 0 Å². The number of hydrogen-bond acceptors (Lipinski definition) is 27. The Morgan fingerprint density at radius 1 is 0.270 bits per heavy atom. The standard InChI is InChI=1S/C104H184N8O29.2H2/c1-81(113)82(42-34-37-58-110-100(128)89(105)48-30-27-29-45-87(116)77-138-70-69-137-65-61-109-97(123)80-141-73-66-134-62-40-46-85(114)54-55-91(103(132)133)112-95(121)50-31-24-20-16-12-7-5-6-8-13-17-21-25-32-51-98(124)125)75-92(118)83(76-93(119)104(2,3)4)43-35-38-59-111-101(129)90(106)49-36-39-57-107-96(122)79-140-72-67-135-63-41-47-88(117)78-139-71-68-136-64-60-108-94(120)56-53-84(102(130)131)74-86(115)44-28-23-19-15-11-9-10-14-18-22-26-33-52-99(126)127;;/h82-84,89-91H,5-80,105-106H2,1-4H3,(H,107,122)(H,108,120)(H,109,123)(H,110,128)(H,111,129)(H,112,121)(H,124,125)(H,126,127)(H,130,131)(H,132,133);2*1H/t82-,83-,84-,89+,90+,91+;;/m1../s1. The van der Waals surface area contributed by atoms with Crippen molar-refractivity contribution in [2.75, 3.05) is 138 Å². The molecule has 0 rings (SSSR count). The molecule has 14 N–H and O–H groups in total. The number of nitrogens with two attached hydrogens (primary N) is 2. The van der Waals surface area contributed by atoms with Gasteiger partial charge in [-0.1, -0.05) is 188 Å². The number of carboxylic acid groups (broad SMARTS) is 4. The molecule has 0 aromatic carbocycles. The summed E-state index contributed by atoms with van der Waals surface area (Å²) < 4.78 is 43.6. The van der Waals surface area contributed by atoms with Crippen molar-refractivity contribution in [3.8, 4) is 0 Å². The number of carboxylic acids is 4. The van der Waals surface area contributed by atoms with Crippen molar-refractivity contribution in [1.29, 1.82) is 0 Å². The summed E-state index contributed by atoms with van der Waals surface area (Å²) >= 11 is 0. The van der Waals surface area contributed by atoms with Gasteiger partial charge in [0, 0.05) is 143 Å². The van der Waals surface area contributed by atoms with Gasteiger partial charge < -0.3 is 102 Å². The summed E-state index contributed by atoms with van der Waals surface area (Å²) in [6, 6.07) is -2.65. The summed E-state index contributed by atoms with van der Waals surface area (Å²) in [5.41, 5.74) is 11.7. The minimum atomic E-state index is -1.18. The predicted molar refractivity (Wildman–Crippen MR) is 539 cm³/mol. The Hall–Kier alpha value is -8.01. The van der Waals surface area contributed by atoms with E-state index in [9.17, 15) is 91.7 Å². The first kappa shape index (κ1) is 133. The van der Waals surface area contributed by atoms with Crippen LogP contribution in [0, 0.1) is 23.2 Å². The highest BCUT2D eigenvalue weighted by Gasteiger charge is 2.31. The summed E-state index contributed by atoms with van der Waals surface area (Å²) in [6.07, 6.45) is 36.7. The summed E-state index contributed by atoms with van der Waals surface area (Å²) in [5.74, 6) is -8.57. The van der Waals surface area contributed by atoms with Crippen molar-refractivity contribution in [2.24, 2.45) is 34.6 Å². The number of amides is 6. The first-order valence-corrected chi connectivity index (χ1v) is 53.0. The summed E-state index contributed by atoms with van der Waals surface area (Å²) in [6.45, 7) is 10.3. The maximum Gasteiger partial charge on any atom is 0.326 e. The molecule has 6 amide bonds. The van der Waals surface area contributed by atoms with Crippen molar-refractivity contribution >= 4 is 99.8 Å². The van der Waals surface area contributed by atoms with Crippen LogP contribution in [0.2, 0.25) is 0 Å². The number of aliphatic carboxylic acids is 4. The first-order valence-electron chi connectivity index (χ1n) is 53.0. The molecule has 0 aromatic rings. The predicted octanol–water partition coefficient (Wildman–Crippen LogP) is 13.0. The SMILES string of the molecule is CC(=O)[C@H](CCCCNC(=O)[C@@H](N)CCCCCC(=O)COCCOCCNC(=O)COCCOCCCC(=O)CC[C@H](NC(=O)CCCCCCCCCCCCCCCCC(=O)O)C(=O)O)CC(=O)[C@H](CCCCNC(=O)[C@@H](N)CCCCNC(=O)COCCOCCCC(=O)COCCOCCNC(=O)CC[C@H](CC(=O)CCCCCCCCCCCCCCC(=O)O)C(=O)O)CC(=O)C(C)(C)C.[HH].[HH]. The number of unbranched alkanes of at least 4 members (excludes halogenated alkanes) is 29. The van der Waals surface area contributed by atoms with Crippen LogP contribution < -0.4 is 43.4 Å². The molecule has 0 heterocycles. The van der Waals surface area contributed by atoms with Crippen molar-refractivity contribution in [3.63, 3.8) is 0 Å². The molecular formula is C104H188N8O29. The normalized spacial score (nSPS) is 12.7. The van der Waals surface area contributed by atoms with E-state index < -0.39 is 65.2 Å². The quantitative estimate of drug-likeness (QED) is 0.0252. The van der Waals surface area contributed by atoms with Gasteiger partial charge in [-0.2, -0.15) is 0 Å². The fraction of sp³-hybridized carbons (Fsp3) is 0.837. The minimum Gasteiger partial charge on any atom is -0.481 e. The largest absolute Gasteiger partial charge is 0.481 e. The van der Waals surface area contributed by atoms with Gasteiger partial charge in [-0.25, -0.2) is 4.79 Å². The Labute approximate surface area is 842 Å². The van der Waals surface area contributed by atoms with E-state index in [0.29, 0.717) is 142 Å². The molecule has 0 aliphatic rings. The lowest BCUT2D eigenvalue weighted by Crippen LogP contribution is -2.41. The third-order valence-corrected chi connectivity index (χ3v) is 24.3. The zero-order valence-electron chi connectivity index (χ0n) is 86.4. The molecule has 0 aromatic heterocycles. The van der Waals surface area contributed by atoms with Gasteiger partial charge in [0.2, 0.25) is 35.4 Å². The lowest BCUT2D eigenvalue weighted by atomic mass is 9.79. The van der Waals surface area contributed by atoms with E-state index in [1.165, 1.54) is 45.4 Å². The topological polar surface area (TPSA) is 569 Å². The highest BCUT2D eigenvalue weighted by Crippen LogP contribution is 2.28. The molecule has 0 unspecified atom stereocenters. The Morgan fingerprint density at radius 2 is 0.610 bits per heavy atom. The number of nitrogens with one attached hydrogen (secondary N) is 6. The van der Waals surface area contributed by atoms with Crippen molar-refractivity contribution in [1.82, 2.24) is 31.9 Å². The van der Waals surface area contributed by atoms with Crippen LogP contribution in [-0.4, -0.2) is 277 Å². The Morgan fingerprint density at radius 3 is 1.03 bits per heavy atom. The molecule has 0 saturated heterocycles. The number of ether oxygens (including phenoxy) is 8. The molecule has 818 valence electrons. The second-order valence-electron chi connectivity index (χ2n) is 38.3. The highest BCUT2D eigenvalue weighted by atomic mass is 16.5. The van der Waals surface area contributed by atoms with Crippen LogP contribution in [0.15, 0.2) is 0 Å². The number of Topliss-reactive ketones (excluding diaryl/α,β-unsaturated/α-hetero) is 7. The molecule has 0 bridgehead atoms. The molecule has 141 heavy (non-hydrogen) atoms. The van der Waals surface area contributed by atoms with Crippen molar-refractivity contribution in [2.45, 2.75) is 399 Å². The van der Waals surface area contributed by atoms with E-state index >= 15 is 0 Å². The smallest absolute Gasteiger partial charge is 0.326 e. The molecule has 0 fully saturated rings. The number of hydrogen-bond donors (Lipinski definition) is 12. The molecule has 0 radical (unpaired) electrons. The molecule has 0 aliphatic heterocycles. The number of carbonyl (C=O) groups excluding carboxylic acids is 13. The Kier molecular flexibility index (Phi) is 86.7. The third kappa shape index (κ3) is 87.1. The van der Waals surface area contributed by atoms with Crippen molar-refractivity contribution < 1.29 is 143 Å². The van der Waals surface area contributed by atoms with E-state index in [-0.39, 0.29) is 268 Å². The van der Waals surface area contributed by atoms with Gasteiger partial charge in [-0.3, -0.25) is 76.7 Å². The zero-order chi connectivity index (χ0) is 104. The maximum absolute atomic E-state index is 13.9. The first-order chi connectivity index (χ1) is 67.7.